The van der Waals surface area contributed by atoms with Crippen molar-refractivity contribution in [2.75, 3.05) is 12.0 Å². The summed E-state index contributed by atoms with van der Waals surface area (Å²) in [5.41, 5.74) is 4.49. The van der Waals surface area contributed by atoms with Crippen molar-refractivity contribution in [3.8, 4) is 17.1 Å². The normalized spacial score (nSPS) is 10.3. The number of hydrazine groups is 1. The molecule has 5 nitrogen and oxygen atoms in total. The topological polar surface area (TPSA) is 73.1 Å². The van der Waals surface area contributed by atoms with E-state index in [4.69, 9.17) is 10.6 Å². The molecular formula is C15H20N4O. The number of nitrogen functional groups attached to an aromatic ring is 1. The summed E-state index contributed by atoms with van der Waals surface area (Å²) in [6.45, 7) is 4.71. The van der Waals surface area contributed by atoms with E-state index in [1.165, 1.54) is 0 Å². The van der Waals surface area contributed by atoms with Gasteiger partial charge in [-0.25, -0.2) is 15.8 Å². The highest BCUT2D eigenvalue weighted by Gasteiger charge is 2.07. The lowest BCUT2D eigenvalue weighted by Crippen LogP contribution is -2.10. The third-order valence-corrected chi connectivity index (χ3v) is 2.84. The first-order valence-corrected chi connectivity index (χ1v) is 6.84. The van der Waals surface area contributed by atoms with Crippen molar-refractivity contribution >= 4 is 5.82 Å². The second-order valence-electron chi connectivity index (χ2n) is 4.42. The number of ether oxygens (including phenoxy) is 1. The first-order valence-electron chi connectivity index (χ1n) is 6.84. The van der Waals surface area contributed by atoms with Gasteiger partial charge in [-0.1, -0.05) is 25.5 Å². The van der Waals surface area contributed by atoms with Crippen LogP contribution in [0.15, 0.2) is 30.3 Å². The van der Waals surface area contributed by atoms with Crippen LogP contribution in [0, 0.1) is 0 Å². The minimum absolute atomic E-state index is 0.625. The second kappa shape index (κ2) is 6.86. The van der Waals surface area contributed by atoms with Crippen molar-refractivity contribution in [2.45, 2.75) is 26.7 Å². The number of benzene rings is 1. The Kier molecular flexibility index (Phi) is 4.90. The maximum absolute atomic E-state index is 5.51. The van der Waals surface area contributed by atoms with Gasteiger partial charge >= 0.3 is 0 Å². The molecule has 0 fully saturated rings. The fourth-order valence-corrected chi connectivity index (χ4v) is 1.98. The molecule has 0 saturated carbocycles. The molecule has 1 aromatic heterocycles. The van der Waals surface area contributed by atoms with Crippen LogP contribution in [-0.2, 0) is 6.42 Å². The van der Waals surface area contributed by atoms with Crippen molar-refractivity contribution in [1.29, 1.82) is 0 Å². The van der Waals surface area contributed by atoms with E-state index in [0.717, 1.165) is 29.8 Å². The summed E-state index contributed by atoms with van der Waals surface area (Å²) in [5.74, 6) is 7.57. The molecule has 20 heavy (non-hydrogen) atoms. The largest absolute Gasteiger partial charge is 0.494 e. The molecule has 1 aromatic carbocycles. The van der Waals surface area contributed by atoms with Gasteiger partial charge in [-0.15, -0.1) is 0 Å². The number of nitrogens with zero attached hydrogens (tertiary/aromatic N) is 2. The van der Waals surface area contributed by atoms with Crippen LogP contribution in [0.5, 0.6) is 5.75 Å². The molecule has 0 amide bonds. The lowest BCUT2D eigenvalue weighted by atomic mass is 10.2. The van der Waals surface area contributed by atoms with Crippen molar-refractivity contribution in [2.24, 2.45) is 5.84 Å². The molecule has 0 aliphatic carbocycles. The van der Waals surface area contributed by atoms with Gasteiger partial charge in [0.05, 0.1) is 6.61 Å². The van der Waals surface area contributed by atoms with Crippen LogP contribution in [0.25, 0.3) is 11.4 Å². The maximum Gasteiger partial charge on any atom is 0.161 e. The first-order chi connectivity index (χ1) is 9.76. The van der Waals surface area contributed by atoms with E-state index in [1.54, 1.807) is 0 Å². The Labute approximate surface area is 119 Å². The lowest BCUT2D eigenvalue weighted by molar-refractivity contribution is 0.340. The Balaban J connectivity index is 2.39. The van der Waals surface area contributed by atoms with Gasteiger partial charge in [-0.05, 0) is 25.5 Å². The van der Waals surface area contributed by atoms with Gasteiger partial charge in [0.15, 0.2) is 5.82 Å². The Morgan fingerprint density at radius 2 is 2.05 bits per heavy atom. The maximum atomic E-state index is 5.51. The minimum Gasteiger partial charge on any atom is -0.494 e. The van der Waals surface area contributed by atoms with E-state index >= 15 is 0 Å². The standard InChI is InChI=1S/C15H20N4O/c1-3-6-12-10-14(19-16)18-15(17-12)11-7-5-8-13(9-11)20-4-2/h5,7-10H,3-4,6,16H2,1-2H3,(H,17,18,19). The summed E-state index contributed by atoms with van der Waals surface area (Å²) in [4.78, 5) is 8.98. The van der Waals surface area contributed by atoms with E-state index in [9.17, 15) is 0 Å². The van der Waals surface area contributed by atoms with Crippen molar-refractivity contribution in [3.05, 3.63) is 36.0 Å². The van der Waals surface area contributed by atoms with Gasteiger partial charge < -0.3 is 10.2 Å². The molecule has 0 bridgehead atoms. The molecule has 0 radical (unpaired) electrons. The van der Waals surface area contributed by atoms with Gasteiger partial charge in [0.2, 0.25) is 0 Å². The number of hydrogen-bond acceptors (Lipinski definition) is 5. The molecule has 3 N–H and O–H groups in total. The van der Waals surface area contributed by atoms with Gasteiger partial charge in [-0.3, -0.25) is 0 Å². The first kappa shape index (κ1) is 14.3. The van der Waals surface area contributed by atoms with E-state index in [-0.39, 0.29) is 0 Å². The monoisotopic (exact) mass is 272 g/mol. The number of nitrogens with two attached hydrogens (primary N) is 1. The summed E-state index contributed by atoms with van der Waals surface area (Å²) in [6.07, 6.45) is 1.93. The van der Waals surface area contributed by atoms with Gasteiger partial charge in [0.1, 0.15) is 11.6 Å². The third kappa shape index (κ3) is 3.45. The van der Waals surface area contributed by atoms with Crippen LogP contribution in [0.3, 0.4) is 0 Å². The molecule has 5 heteroatoms. The summed E-state index contributed by atoms with van der Waals surface area (Å²) < 4.78 is 5.51. The Hall–Kier alpha value is -2.14. The second-order valence-corrected chi connectivity index (χ2v) is 4.42. The van der Waals surface area contributed by atoms with E-state index in [0.29, 0.717) is 18.2 Å². The zero-order chi connectivity index (χ0) is 14.4. The van der Waals surface area contributed by atoms with Crippen LogP contribution in [0.1, 0.15) is 26.0 Å². The molecular weight excluding hydrogens is 252 g/mol. The van der Waals surface area contributed by atoms with Crippen LogP contribution in [-0.4, -0.2) is 16.6 Å². The quantitative estimate of drug-likeness (QED) is 0.625. The van der Waals surface area contributed by atoms with E-state index < -0.39 is 0 Å². The number of aryl methyl sites for hydroxylation is 1. The van der Waals surface area contributed by atoms with Crippen LogP contribution < -0.4 is 16.0 Å². The lowest BCUT2D eigenvalue weighted by Gasteiger charge is -2.09. The fourth-order valence-electron chi connectivity index (χ4n) is 1.98. The van der Waals surface area contributed by atoms with Crippen LogP contribution in [0.2, 0.25) is 0 Å². The smallest absolute Gasteiger partial charge is 0.161 e. The molecule has 106 valence electrons. The van der Waals surface area contributed by atoms with Crippen molar-refractivity contribution in [3.63, 3.8) is 0 Å². The molecule has 0 saturated heterocycles. The molecule has 2 aromatic rings. The zero-order valence-electron chi connectivity index (χ0n) is 11.9. The molecule has 0 atom stereocenters. The highest BCUT2D eigenvalue weighted by atomic mass is 16.5. The Morgan fingerprint density at radius 3 is 2.75 bits per heavy atom. The van der Waals surface area contributed by atoms with Gasteiger partial charge in [0, 0.05) is 17.3 Å². The summed E-state index contributed by atoms with van der Waals surface area (Å²) in [6, 6.07) is 9.64. The predicted molar refractivity (Wildman–Crippen MR) is 80.4 cm³/mol. The Bertz CT molecular complexity index is 572. The highest BCUT2D eigenvalue weighted by Crippen LogP contribution is 2.22. The molecule has 2 rings (SSSR count). The van der Waals surface area contributed by atoms with Crippen molar-refractivity contribution in [1.82, 2.24) is 9.97 Å². The number of anilines is 1. The molecule has 0 spiro atoms. The summed E-state index contributed by atoms with van der Waals surface area (Å²) in [5, 5.41) is 0. The minimum atomic E-state index is 0.625. The SMILES string of the molecule is CCCc1cc(NN)nc(-c2cccc(OCC)c2)n1. The predicted octanol–water partition coefficient (Wildman–Crippen LogP) is 2.78. The zero-order valence-corrected chi connectivity index (χ0v) is 11.9. The summed E-state index contributed by atoms with van der Waals surface area (Å²) >= 11 is 0. The summed E-state index contributed by atoms with van der Waals surface area (Å²) in [7, 11) is 0. The van der Waals surface area contributed by atoms with Gasteiger partial charge in [0.25, 0.3) is 0 Å². The van der Waals surface area contributed by atoms with Gasteiger partial charge in [-0.2, -0.15) is 0 Å². The molecule has 0 unspecified atom stereocenters. The number of hydrogen-bond donors (Lipinski definition) is 2. The van der Waals surface area contributed by atoms with Crippen LogP contribution >= 0.6 is 0 Å². The fraction of sp³-hybridized carbons (Fsp3) is 0.333. The average Bonchev–Trinajstić information content (AvgIpc) is 2.48. The van der Waals surface area contributed by atoms with Crippen LogP contribution in [0.4, 0.5) is 5.82 Å². The van der Waals surface area contributed by atoms with E-state index in [2.05, 4.69) is 22.3 Å². The number of nitrogens with one attached hydrogen (secondary N) is 1. The third-order valence-electron chi connectivity index (χ3n) is 2.84. The molecule has 1 heterocycles. The number of aromatic nitrogens is 2. The van der Waals surface area contributed by atoms with Crippen molar-refractivity contribution < 1.29 is 4.74 Å². The molecule has 0 aliphatic rings. The molecule has 0 aliphatic heterocycles. The highest BCUT2D eigenvalue weighted by molar-refractivity contribution is 5.59. The number of rotatable bonds is 6. The Morgan fingerprint density at radius 1 is 1.20 bits per heavy atom. The van der Waals surface area contributed by atoms with E-state index in [1.807, 2.05) is 37.3 Å². The average molecular weight is 272 g/mol.